The lowest BCUT2D eigenvalue weighted by molar-refractivity contribution is 0.338. The van der Waals surface area contributed by atoms with E-state index < -0.39 is 0 Å². The van der Waals surface area contributed by atoms with Crippen molar-refractivity contribution in [3.63, 3.8) is 0 Å². The molecule has 0 saturated heterocycles. The van der Waals surface area contributed by atoms with Crippen LogP contribution >= 0.6 is 0 Å². The number of benzene rings is 1. The molecule has 0 radical (unpaired) electrons. The van der Waals surface area contributed by atoms with Crippen LogP contribution in [0.25, 0.3) is 5.69 Å². The van der Waals surface area contributed by atoms with E-state index in [-0.39, 0.29) is 0 Å². The number of aromatic nitrogens is 3. The molecule has 1 heterocycles. The van der Waals surface area contributed by atoms with Gasteiger partial charge in [-0.1, -0.05) is 32.0 Å². The Morgan fingerprint density at radius 1 is 1.10 bits per heavy atom. The van der Waals surface area contributed by atoms with Gasteiger partial charge < -0.3 is 5.73 Å². The number of hydrogen-bond donors (Lipinski definition) is 1. The van der Waals surface area contributed by atoms with Gasteiger partial charge in [-0.3, -0.25) is 4.57 Å². The molecule has 0 aliphatic rings. The number of rotatable bonds is 7. The number of nitrogens with zero attached hydrogens (tertiary/aromatic N) is 3. The summed E-state index contributed by atoms with van der Waals surface area (Å²) < 4.78 is 2.15. The smallest absolute Gasteiger partial charge is 0.137 e. The first-order chi connectivity index (χ1) is 10.1. The molecule has 4 nitrogen and oxygen atoms in total. The first-order valence-electron chi connectivity index (χ1n) is 7.80. The molecular weight excluding hydrogens is 260 g/mol. The molecular formula is C17H26N4. The minimum atomic E-state index is 0.649. The van der Waals surface area contributed by atoms with Crippen molar-refractivity contribution in [3.8, 4) is 5.69 Å². The number of hydrogen-bond acceptors (Lipinski definition) is 3. The van der Waals surface area contributed by atoms with E-state index in [2.05, 4.69) is 40.7 Å². The Labute approximate surface area is 127 Å². The van der Waals surface area contributed by atoms with Gasteiger partial charge >= 0.3 is 0 Å². The van der Waals surface area contributed by atoms with Crippen LogP contribution in [0.4, 0.5) is 0 Å². The van der Waals surface area contributed by atoms with Gasteiger partial charge in [0, 0.05) is 12.1 Å². The zero-order valence-corrected chi connectivity index (χ0v) is 13.3. The Kier molecular flexibility index (Phi) is 5.51. The van der Waals surface area contributed by atoms with Crippen LogP contribution in [-0.4, -0.2) is 21.3 Å². The molecule has 0 spiro atoms. The van der Waals surface area contributed by atoms with E-state index in [1.807, 2.05) is 25.1 Å². The summed E-state index contributed by atoms with van der Waals surface area (Å²) >= 11 is 0. The Balaban J connectivity index is 2.15. The molecule has 0 saturated carbocycles. The van der Waals surface area contributed by atoms with Crippen LogP contribution in [0.2, 0.25) is 0 Å². The van der Waals surface area contributed by atoms with Gasteiger partial charge in [-0.05, 0) is 50.3 Å². The van der Waals surface area contributed by atoms with Crippen LogP contribution in [0, 0.1) is 18.8 Å². The fourth-order valence-corrected chi connectivity index (χ4v) is 2.82. The molecule has 0 bridgehead atoms. The predicted octanol–water partition coefficient (Wildman–Crippen LogP) is 3.13. The second-order valence-electron chi connectivity index (χ2n) is 5.95. The molecule has 2 rings (SSSR count). The Morgan fingerprint density at radius 2 is 1.81 bits per heavy atom. The lowest BCUT2D eigenvalue weighted by Crippen LogP contribution is -2.16. The molecule has 0 aliphatic heterocycles. The van der Waals surface area contributed by atoms with E-state index in [1.165, 1.54) is 0 Å². The highest BCUT2D eigenvalue weighted by Crippen LogP contribution is 2.22. The molecule has 2 N–H and O–H groups in total. The van der Waals surface area contributed by atoms with Crippen LogP contribution in [0.1, 0.15) is 38.3 Å². The van der Waals surface area contributed by atoms with E-state index in [9.17, 15) is 0 Å². The van der Waals surface area contributed by atoms with Crippen molar-refractivity contribution in [1.29, 1.82) is 0 Å². The van der Waals surface area contributed by atoms with Crippen LogP contribution in [0.5, 0.6) is 0 Å². The minimum absolute atomic E-state index is 0.649. The van der Waals surface area contributed by atoms with Crippen LogP contribution in [-0.2, 0) is 6.42 Å². The standard InChI is InChI=1S/C17H26N4/c1-13(2)15(11-12-18)9-10-17-20-19-14(3)21(17)16-7-5-4-6-8-16/h4-8,13,15H,9-12,18H2,1-3H3. The third kappa shape index (κ3) is 3.91. The van der Waals surface area contributed by atoms with Crippen molar-refractivity contribution in [2.75, 3.05) is 6.54 Å². The number of para-hydroxylation sites is 1. The first kappa shape index (κ1) is 15.7. The Bertz CT molecular complexity index is 545. The highest BCUT2D eigenvalue weighted by atomic mass is 15.3. The molecule has 1 unspecified atom stereocenters. The summed E-state index contributed by atoms with van der Waals surface area (Å²) in [7, 11) is 0. The lowest BCUT2D eigenvalue weighted by Gasteiger charge is -2.20. The normalized spacial score (nSPS) is 12.8. The van der Waals surface area contributed by atoms with Crippen molar-refractivity contribution in [2.24, 2.45) is 17.6 Å². The van der Waals surface area contributed by atoms with Crippen LogP contribution in [0.3, 0.4) is 0 Å². The second kappa shape index (κ2) is 7.36. The van der Waals surface area contributed by atoms with Crippen molar-refractivity contribution in [3.05, 3.63) is 42.0 Å². The fourth-order valence-electron chi connectivity index (χ4n) is 2.82. The lowest BCUT2D eigenvalue weighted by atomic mass is 9.88. The van der Waals surface area contributed by atoms with Gasteiger partial charge in [0.15, 0.2) is 0 Å². The Hall–Kier alpha value is -1.68. The average molecular weight is 286 g/mol. The third-order valence-corrected chi connectivity index (χ3v) is 4.13. The van der Waals surface area contributed by atoms with Crippen molar-refractivity contribution >= 4 is 0 Å². The van der Waals surface area contributed by atoms with Gasteiger partial charge in [-0.25, -0.2) is 0 Å². The van der Waals surface area contributed by atoms with E-state index in [0.717, 1.165) is 43.1 Å². The maximum atomic E-state index is 5.73. The maximum Gasteiger partial charge on any atom is 0.137 e. The maximum absolute atomic E-state index is 5.73. The van der Waals surface area contributed by atoms with Gasteiger partial charge in [-0.2, -0.15) is 0 Å². The summed E-state index contributed by atoms with van der Waals surface area (Å²) in [6.07, 6.45) is 3.13. The predicted molar refractivity (Wildman–Crippen MR) is 86.4 cm³/mol. The highest BCUT2D eigenvalue weighted by Gasteiger charge is 2.16. The van der Waals surface area contributed by atoms with Crippen LogP contribution < -0.4 is 5.73 Å². The first-order valence-corrected chi connectivity index (χ1v) is 7.80. The zero-order chi connectivity index (χ0) is 15.2. The fraction of sp³-hybridized carbons (Fsp3) is 0.529. The molecule has 1 atom stereocenters. The number of aryl methyl sites for hydroxylation is 2. The zero-order valence-electron chi connectivity index (χ0n) is 13.3. The molecule has 0 aliphatic carbocycles. The molecule has 1 aromatic heterocycles. The molecule has 114 valence electrons. The van der Waals surface area contributed by atoms with Gasteiger partial charge in [0.05, 0.1) is 0 Å². The minimum Gasteiger partial charge on any atom is -0.330 e. The van der Waals surface area contributed by atoms with Gasteiger partial charge in [0.25, 0.3) is 0 Å². The quantitative estimate of drug-likeness (QED) is 0.850. The molecule has 2 aromatic rings. The topological polar surface area (TPSA) is 56.7 Å². The molecule has 0 fully saturated rings. The van der Waals surface area contributed by atoms with Gasteiger partial charge in [0.1, 0.15) is 11.6 Å². The molecule has 21 heavy (non-hydrogen) atoms. The van der Waals surface area contributed by atoms with E-state index in [4.69, 9.17) is 5.73 Å². The van der Waals surface area contributed by atoms with Crippen molar-refractivity contribution in [1.82, 2.24) is 14.8 Å². The van der Waals surface area contributed by atoms with Gasteiger partial charge in [-0.15, -0.1) is 10.2 Å². The van der Waals surface area contributed by atoms with Gasteiger partial charge in [0.2, 0.25) is 0 Å². The Morgan fingerprint density at radius 3 is 2.43 bits per heavy atom. The summed E-state index contributed by atoms with van der Waals surface area (Å²) in [6, 6.07) is 10.3. The summed E-state index contributed by atoms with van der Waals surface area (Å²) in [6.45, 7) is 7.30. The van der Waals surface area contributed by atoms with E-state index >= 15 is 0 Å². The average Bonchev–Trinajstić information content (AvgIpc) is 2.85. The van der Waals surface area contributed by atoms with Crippen LogP contribution in [0.15, 0.2) is 30.3 Å². The number of nitrogens with two attached hydrogens (primary N) is 1. The third-order valence-electron chi connectivity index (χ3n) is 4.13. The second-order valence-corrected chi connectivity index (χ2v) is 5.95. The van der Waals surface area contributed by atoms with E-state index in [1.54, 1.807) is 0 Å². The molecule has 0 amide bonds. The summed E-state index contributed by atoms with van der Waals surface area (Å²) in [5.74, 6) is 3.29. The van der Waals surface area contributed by atoms with Crippen molar-refractivity contribution in [2.45, 2.75) is 40.0 Å². The monoisotopic (exact) mass is 286 g/mol. The SMILES string of the molecule is Cc1nnc(CCC(CCN)C(C)C)n1-c1ccccc1. The molecule has 1 aromatic carbocycles. The largest absolute Gasteiger partial charge is 0.330 e. The summed E-state index contributed by atoms with van der Waals surface area (Å²) in [5.41, 5.74) is 6.86. The molecule has 4 heteroatoms. The van der Waals surface area contributed by atoms with E-state index in [0.29, 0.717) is 11.8 Å². The summed E-state index contributed by atoms with van der Waals surface area (Å²) in [5, 5.41) is 8.62. The summed E-state index contributed by atoms with van der Waals surface area (Å²) in [4.78, 5) is 0. The van der Waals surface area contributed by atoms with Crippen molar-refractivity contribution < 1.29 is 0 Å². The highest BCUT2D eigenvalue weighted by molar-refractivity contribution is 5.33.